The van der Waals surface area contributed by atoms with Crippen molar-refractivity contribution in [2.75, 3.05) is 0 Å². The number of benzene rings is 2. The van der Waals surface area contributed by atoms with E-state index in [9.17, 15) is 14.9 Å². The zero-order chi connectivity index (χ0) is 18.7. The molecule has 0 spiro atoms. The number of carbonyl (C=O) groups is 1. The highest BCUT2D eigenvalue weighted by Crippen LogP contribution is 2.27. The Balaban J connectivity index is 1.83. The molecule has 26 heavy (non-hydrogen) atoms. The lowest BCUT2D eigenvalue weighted by Crippen LogP contribution is -2.28. The standard InChI is InChI=1S/C20H21ClN2O3/c1-2-19(15-8-7-13-5-3-4-6-14(13)11-15)22-20(24)17-12-16(23(25)26)9-10-18(17)21/h7-12,19H,2-6H2,1H3,(H,22,24)/t19-/m1/s1. The van der Waals surface area contributed by atoms with Crippen LogP contribution in [0.25, 0.3) is 0 Å². The SMILES string of the molecule is CC[C@@H](NC(=O)c1cc([N+](=O)[O-])ccc1Cl)c1ccc2c(c1)CCCC2. The number of rotatable bonds is 5. The molecule has 2 aromatic carbocycles. The van der Waals surface area contributed by atoms with Gasteiger partial charge in [0.05, 0.1) is 21.6 Å². The van der Waals surface area contributed by atoms with Crippen LogP contribution in [-0.2, 0) is 12.8 Å². The second-order valence-corrected chi connectivity index (χ2v) is 7.00. The maximum absolute atomic E-state index is 12.7. The van der Waals surface area contributed by atoms with Crippen molar-refractivity contribution >= 4 is 23.2 Å². The third-order valence-corrected chi connectivity index (χ3v) is 5.22. The molecule has 1 aliphatic carbocycles. The van der Waals surface area contributed by atoms with Gasteiger partial charge in [-0.2, -0.15) is 0 Å². The minimum atomic E-state index is -0.534. The minimum absolute atomic E-state index is 0.122. The van der Waals surface area contributed by atoms with Crippen LogP contribution in [0.15, 0.2) is 36.4 Å². The summed E-state index contributed by atoms with van der Waals surface area (Å²) in [6.07, 6.45) is 5.33. The Labute approximate surface area is 157 Å². The van der Waals surface area contributed by atoms with Crippen molar-refractivity contribution in [1.29, 1.82) is 0 Å². The molecule has 2 aromatic rings. The van der Waals surface area contributed by atoms with Gasteiger partial charge in [0, 0.05) is 12.1 Å². The molecule has 0 saturated carbocycles. The van der Waals surface area contributed by atoms with Crippen LogP contribution in [0.1, 0.15) is 59.3 Å². The number of aryl methyl sites for hydroxylation is 2. The second-order valence-electron chi connectivity index (χ2n) is 6.59. The van der Waals surface area contributed by atoms with Crippen LogP contribution in [0.3, 0.4) is 0 Å². The summed E-state index contributed by atoms with van der Waals surface area (Å²) in [6.45, 7) is 2.00. The lowest BCUT2D eigenvalue weighted by atomic mass is 9.88. The molecular formula is C20H21ClN2O3. The summed E-state index contributed by atoms with van der Waals surface area (Å²) in [4.78, 5) is 23.1. The molecule has 0 bridgehead atoms. The molecule has 0 aromatic heterocycles. The molecule has 1 N–H and O–H groups in total. The predicted molar refractivity (Wildman–Crippen MR) is 102 cm³/mol. The maximum atomic E-state index is 12.7. The van der Waals surface area contributed by atoms with Crippen molar-refractivity contribution in [3.63, 3.8) is 0 Å². The van der Waals surface area contributed by atoms with Crippen LogP contribution in [0.2, 0.25) is 5.02 Å². The van der Waals surface area contributed by atoms with Crippen molar-refractivity contribution in [2.24, 2.45) is 0 Å². The van der Waals surface area contributed by atoms with E-state index in [4.69, 9.17) is 11.6 Å². The van der Waals surface area contributed by atoms with E-state index in [-0.39, 0.29) is 22.3 Å². The van der Waals surface area contributed by atoms with Gasteiger partial charge < -0.3 is 5.32 Å². The molecule has 0 aliphatic heterocycles. The van der Waals surface area contributed by atoms with E-state index >= 15 is 0 Å². The molecule has 1 aliphatic rings. The smallest absolute Gasteiger partial charge is 0.270 e. The molecule has 0 saturated heterocycles. The van der Waals surface area contributed by atoms with Crippen molar-refractivity contribution in [2.45, 2.75) is 45.1 Å². The summed E-state index contributed by atoms with van der Waals surface area (Å²) in [5, 5.41) is 14.1. The van der Waals surface area contributed by atoms with Crippen molar-refractivity contribution < 1.29 is 9.72 Å². The first-order chi connectivity index (χ1) is 12.5. The Bertz CT molecular complexity index is 851. The second kappa shape index (κ2) is 7.87. The highest BCUT2D eigenvalue weighted by atomic mass is 35.5. The molecule has 0 fully saturated rings. The lowest BCUT2D eigenvalue weighted by Gasteiger charge is -2.22. The minimum Gasteiger partial charge on any atom is -0.345 e. The lowest BCUT2D eigenvalue weighted by molar-refractivity contribution is -0.384. The van der Waals surface area contributed by atoms with E-state index < -0.39 is 10.8 Å². The number of nitrogens with one attached hydrogen (secondary N) is 1. The number of nitrogens with zero attached hydrogens (tertiary/aromatic N) is 1. The molecule has 136 valence electrons. The fourth-order valence-electron chi connectivity index (χ4n) is 3.43. The number of fused-ring (bicyclic) bond motifs is 1. The fraction of sp³-hybridized carbons (Fsp3) is 0.350. The Hall–Kier alpha value is -2.40. The van der Waals surface area contributed by atoms with Gasteiger partial charge in [-0.05, 0) is 54.9 Å². The number of nitro groups is 1. The van der Waals surface area contributed by atoms with Crippen LogP contribution in [0.5, 0.6) is 0 Å². The van der Waals surface area contributed by atoms with Gasteiger partial charge in [0.25, 0.3) is 11.6 Å². The van der Waals surface area contributed by atoms with E-state index in [1.807, 2.05) is 6.92 Å². The van der Waals surface area contributed by atoms with Crippen molar-refractivity contribution in [1.82, 2.24) is 5.32 Å². The van der Waals surface area contributed by atoms with Crippen LogP contribution in [0, 0.1) is 10.1 Å². The van der Waals surface area contributed by atoms with Gasteiger partial charge in [0.2, 0.25) is 0 Å². The first kappa shape index (κ1) is 18.4. The van der Waals surface area contributed by atoms with Gasteiger partial charge in [-0.25, -0.2) is 0 Å². The maximum Gasteiger partial charge on any atom is 0.270 e. The van der Waals surface area contributed by atoms with Gasteiger partial charge >= 0.3 is 0 Å². The Morgan fingerprint density at radius 2 is 1.92 bits per heavy atom. The van der Waals surface area contributed by atoms with E-state index in [0.717, 1.165) is 24.8 Å². The largest absolute Gasteiger partial charge is 0.345 e. The number of amides is 1. The number of nitro benzene ring substituents is 1. The molecule has 6 heteroatoms. The molecule has 0 unspecified atom stereocenters. The average Bonchev–Trinajstić information content (AvgIpc) is 2.65. The third kappa shape index (κ3) is 3.88. The molecule has 1 amide bonds. The number of carbonyl (C=O) groups excluding carboxylic acids is 1. The van der Waals surface area contributed by atoms with Gasteiger partial charge in [0.1, 0.15) is 0 Å². The number of halogens is 1. The Morgan fingerprint density at radius 3 is 2.62 bits per heavy atom. The van der Waals surface area contributed by atoms with E-state index in [1.54, 1.807) is 0 Å². The predicted octanol–water partition coefficient (Wildman–Crippen LogP) is 5.01. The zero-order valence-electron chi connectivity index (χ0n) is 14.6. The quantitative estimate of drug-likeness (QED) is 0.592. The van der Waals surface area contributed by atoms with Gasteiger partial charge in [-0.3, -0.25) is 14.9 Å². The fourth-order valence-corrected chi connectivity index (χ4v) is 3.63. The van der Waals surface area contributed by atoms with Crippen molar-refractivity contribution in [3.05, 3.63) is 73.8 Å². The number of non-ortho nitro benzene ring substituents is 1. The average molecular weight is 373 g/mol. The van der Waals surface area contributed by atoms with Crippen LogP contribution < -0.4 is 5.32 Å². The summed E-state index contributed by atoms with van der Waals surface area (Å²) in [6, 6.07) is 10.1. The van der Waals surface area contributed by atoms with Gasteiger partial charge in [-0.1, -0.05) is 36.7 Å². The monoisotopic (exact) mass is 372 g/mol. The van der Waals surface area contributed by atoms with Crippen LogP contribution in [-0.4, -0.2) is 10.8 Å². The topological polar surface area (TPSA) is 72.2 Å². The van der Waals surface area contributed by atoms with E-state index in [0.29, 0.717) is 0 Å². The first-order valence-electron chi connectivity index (χ1n) is 8.86. The summed E-state index contributed by atoms with van der Waals surface area (Å²) >= 11 is 6.08. The van der Waals surface area contributed by atoms with Crippen LogP contribution in [0.4, 0.5) is 5.69 Å². The summed E-state index contributed by atoms with van der Waals surface area (Å²) in [5.41, 5.74) is 3.78. The molecule has 1 atom stereocenters. The zero-order valence-corrected chi connectivity index (χ0v) is 15.4. The van der Waals surface area contributed by atoms with E-state index in [2.05, 4.69) is 23.5 Å². The van der Waals surface area contributed by atoms with E-state index in [1.165, 1.54) is 42.2 Å². The van der Waals surface area contributed by atoms with Gasteiger partial charge in [0.15, 0.2) is 0 Å². The number of hydrogen-bond acceptors (Lipinski definition) is 3. The highest BCUT2D eigenvalue weighted by molar-refractivity contribution is 6.33. The molecule has 3 rings (SSSR count). The Kier molecular flexibility index (Phi) is 5.57. The molecule has 0 radical (unpaired) electrons. The van der Waals surface area contributed by atoms with Gasteiger partial charge in [-0.15, -0.1) is 0 Å². The third-order valence-electron chi connectivity index (χ3n) is 4.89. The number of hydrogen-bond donors (Lipinski definition) is 1. The van der Waals surface area contributed by atoms with Crippen LogP contribution >= 0.6 is 11.6 Å². The summed E-state index contributed by atoms with van der Waals surface area (Å²) in [7, 11) is 0. The first-order valence-corrected chi connectivity index (χ1v) is 9.24. The normalized spacial score (nSPS) is 14.4. The molecular weight excluding hydrogens is 352 g/mol. The van der Waals surface area contributed by atoms with Crippen molar-refractivity contribution in [3.8, 4) is 0 Å². The highest BCUT2D eigenvalue weighted by Gasteiger charge is 2.20. The summed E-state index contributed by atoms with van der Waals surface area (Å²) in [5.74, 6) is -0.400. The Morgan fingerprint density at radius 1 is 1.19 bits per heavy atom. The molecule has 5 nitrogen and oxygen atoms in total. The summed E-state index contributed by atoms with van der Waals surface area (Å²) < 4.78 is 0. The molecule has 0 heterocycles.